The molecule has 0 amide bonds. The molecule has 0 saturated carbocycles. The van der Waals surface area contributed by atoms with Crippen molar-refractivity contribution in [2.24, 2.45) is 0 Å². The minimum atomic E-state index is -3.56. The highest BCUT2D eigenvalue weighted by Gasteiger charge is 2.13. The number of aromatic nitrogens is 2. The van der Waals surface area contributed by atoms with Crippen LogP contribution in [-0.2, 0) is 14.9 Å². The molecule has 0 bridgehead atoms. The maximum absolute atomic E-state index is 11.0. The number of rotatable bonds is 3. The van der Waals surface area contributed by atoms with Crippen LogP contribution in [0.25, 0.3) is 0 Å². The van der Waals surface area contributed by atoms with Crippen LogP contribution in [0.2, 0.25) is 0 Å². The monoisotopic (exact) mass is 177 g/mol. The normalized spacial score (nSPS) is 11.7. The van der Waals surface area contributed by atoms with Crippen LogP contribution in [0.3, 0.4) is 0 Å². The van der Waals surface area contributed by atoms with E-state index in [0.29, 0.717) is 0 Å². The summed E-state index contributed by atoms with van der Waals surface area (Å²) in [4.78, 5) is 6.07. The van der Waals surface area contributed by atoms with Gasteiger partial charge in [0.2, 0.25) is 0 Å². The Hall–Kier alpha value is -0.920. The molecule has 1 aromatic heterocycles. The van der Waals surface area contributed by atoms with Crippen LogP contribution in [-0.4, -0.2) is 25.7 Å². The quantitative estimate of drug-likeness (QED) is 0.595. The minimum absolute atomic E-state index is 0.0284. The fraction of sp³-hybridized carbons (Fsp3) is 0.250. The molecule has 62 valence electrons. The fourth-order valence-electron chi connectivity index (χ4n) is 0.547. The van der Waals surface area contributed by atoms with Crippen molar-refractivity contribution in [2.45, 2.75) is 5.03 Å². The molecule has 0 aromatic carbocycles. The first-order valence-corrected chi connectivity index (χ1v) is 4.19. The molecule has 2 N–H and O–H groups in total. The first kappa shape index (κ1) is 8.18. The number of aromatic amines is 1. The van der Waals surface area contributed by atoms with E-state index < -0.39 is 10.0 Å². The molecule has 0 atom stereocenters. The third-order valence-corrected chi connectivity index (χ3v) is 2.15. The lowest BCUT2D eigenvalue weighted by Crippen LogP contribution is -2.22. The molecule has 0 unspecified atom stereocenters. The lowest BCUT2D eigenvalue weighted by Gasteiger charge is -1.98. The van der Waals surface area contributed by atoms with Gasteiger partial charge in [-0.1, -0.05) is 4.89 Å². The van der Waals surface area contributed by atoms with Crippen molar-refractivity contribution in [3.8, 4) is 0 Å². The van der Waals surface area contributed by atoms with Gasteiger partial charge in [0.05, 0.1) is 13.3 Å². The molecular weight excluding hydrogens is 170 g/mol. The predicted octanol–water partition coefficient (Wildman–Crippen LogP) is -0.751. The summed E-state index contributed by atoms with van der Waals surface area (Å²) in [5, 5.41) is 5.72. The largest absolute Gasteiger partial charge is 0.290 e. The van der Waals surface area contributed by atoms with Gasteiger partial charge in [-0.05, 0) is 6.07 Å². The molecule has 1 rings (SSSR count). The maximum Gasteiger partial charge on any atom is 0.279 e. The Balaban J connectivity index is 2.92. The summed E-state index contributed by atoms with van der Waals surface area (Å²) in [6.45, 7) is 0. The summed E-state index contributed by atoms with van der Waals surface area (Å²) >= 11 is 0. The highest BCUT2D eigenvalue weighted by molar-refractivity contribution is 7.89. The number of nitrogens with one attached hydrogen (secondary N) is 2. The molecule has 0 aliphatic heterocycles. The summed E-state index contributed by atoms with van der Waals surface area (Å²) in [5.41, 5.74) is 0. The number of H-pyrrole nitrogens is 1. The smallest absolute Gasteiger partial charge is 0.279 e. The molecule has 6 nitrogen and oxygen atoms in total. The van der Waals surface area contributed by atoms with Crippen LogP contribution in [0.1, 0.15) is 0 Å². The van der Waals surface area contributed by atoms with Crippen molar-refractivity contribution >= 4 is 10.0 Å². The van der Waals surface area contributed by atoms with Crippen LogP contribution < -0.4 is 4.89 Å². The highest BCUT2D eigenvalue weighted by atomic mass is 32.2. The van der Waals surface area contributed by atoms with Gasteiger partial charge in [0.15, 0.2) is 5.03 Å². The van der Waals surface area contributed by atoms with Gasteiger partial charge in [0.1, 0.15) is 0 Å². The number of hydrogen-bond donors (Lipinski definition) is 2. The van der Waals surface area contributed by atoms with Crippen LogP contribution >= 0.6 is 0 Å². The standard InChI is InChI=1S/C4H7N3O3S/c1-10-7-11(8,9)4-2-3-5-6-4/h2-3,7H,1H3,(H,5,6). The van der Waals surface area contributed by atoms with Gasteiger partial charge < -0.3 is 0 Å². The Bertz CT molecular complexity index is 303. The lowest BCUT2D eigenvalue weighted by atomic mass is 10.8. The van der Waals surface area contributed by atoms with E-state index in [0.717, 1.165) is 0 Å². The summed E-state index contributed by atoms with van der Waals surface area (Å²) in [5.74, 6) is 0. The summed E-state index contributed by atoms with van der Waals surface area (Å²) in [7, 11) is -2.34. The molecule has 1 heterocycles. The average Bonchev–Trinajstić information content (AvgIpc) is 2.37. The van der Waals surface area contributed by atoms with Gasteiger partial charge in [0.25, 0.3) is 10.0 Å². The van der Waals surface area contributed by atoms with Gasteiger partial charge in [-0.3, -0.25) is 9.94 Å². The number of hydrogen-bond acceptors (Lipinski definition) is 4. The summed E-state index contributed by atoms with van der Waals surface area (Å²) in [6.07, 6.45) is 1.34. The second-order valence-corrected chi connectivity index (χ2v) is 3.33. The predicted molar refractivity (Wildman–Crippen MR) is 35.9 cm³/mol. The number of nitrogens with zero attached hydrogens (tertiary/aromatic N) is 1. The van der Waals surface area contributed by atoms with Crippen molar-refractivity contribution < 1.29 is 13.3 Å². The van der Waals surface area contributed by atoms with Crippen LogP contribution in [0.4, 0.5) is 0 Å². The van der Waals surface area contributed by atoms with E-state index in [9.17, 15) is 8.42 Å². The van der Waals surface area contributed by atoms with E-state index in [4.69, 9.17) is 0 Å². The Kier molecular flexibility index (Phi) is 2.22. The van der Waals surface area contributed by atoms with Gasteiger partial charge in [0, 0.05) is 0 Å². The Morgan fingerprint density at radius 3 is 2.91 bits per heavy atom. The Morgan fingerprint density at radius 2 is 2.45 bits per heavy atom. The molecule has 0 fully saturated rings. The molecule has 0 radical (unpaired) electrons. The molecule has 0 aliphatic carbocycles. The molecule has 7 heteroatoms. The van der Waals surface area contributed by atoms with E-state index >= 15 is 0 Å². The summed E-state index contributed by atoms with van der Waals surface area (Å²) < 4.78 is 22.0. The second kappa shape index (κ2) is 2.99. The first-order chi connectivity index (χ1) is 5.17. The zero-order chi connectivity index (χ0) is 8.32. The van der Waals surface area contributed by atoms with Gasteiger partial charge >= 0.3 is 0 Å². The van der Waals surface area contributed by atoms with E-state index in [1.807, 2.05) is 4.89 Å². The van der Waals surface area contributed by atoms with E-state index in [-0.39, 0.29) is 5.03 Å². The van der Waals surface area contributed by atoms with Gasteiger partial charge in [-0.2, -0.15) is 5.10 Å². The third-order valence-electron chi connectivity index (χ3n) is 0.958. The maximum atomic E-state index is 11.0. The van der Waals surface area contributed by atoms with Crippen molar-refractivity contribution in [3.05, 3.63) is 12.3 Å². The lowest BCUT2D eigenvalue weighted by molar-refractivity contribution is 0.153. The average molecular weight is 177 g/mol. The van der Waals surface area contributed by atoms with Crippen molar-refractivity contribution in [1.82, 2.24) is 15.1 Å². The van der Waals surface area contributed by atoms with Crippen LogP contribution in [0.15, 0.2) is 17.3 Å². The van der Waals surface area contributed by atoms with Crippen molar-refractivity contribution in [2.75, 3.05) is 7.11 Å². The number of sulfonamides is 1. The molecule has 0 spiro atoms. The fourth-order valence-corrected chi connectivity index (χ4v) is 1.27. The Morgan fingerprint density at radius 1 is 1.73 bits per heavy atom. The van der Waals surface area contributed by atoms with Gasteiger partial charge in [-0.25, -0.2) is 8.42 Å². The molecule has 0 saturated heterocycles. The molecule has 11 heavy (non-hydrogen) atoms. The molecular formula is C4H7N3O3S. The van der Waals surface area contributed by atoms with Crippen LogP contribution in [0, 0.1) is 0 Å². The second-order valence-electron chi connectivity index (χ2n) is 1.71. The highest BCUT2D eigenvalue weighted by Crippen LogP contribution is 2.00. The van der Waals surface area contributed by atoms with E-state index in [2.05, 4.69) is 15.0 Å². The zero-order valence-corrected chi connectivity index (χ0v) is 6.55. The first-order valence-electron chi connectivity index (χ1n) is 2.71. The van der Waals surface area contributed by atoms with E-state index in [1.165, 1.54) is 19.4 Å². The molecule has 0 aliphatic rings. The van der Waals surface area contributed by atoms with Crippen molar-refractivity contribution in [1.29, 1.82) is 0 Å². The van der Waals surface area contributed by atoms with Gasteiger partial charge in [-0.15, -0.1) is 0 Å². The SMILES string of the molecule is CONS(=O)(=O)c1ccn[nH]1. The summed E-state index contributed by atoms with van der Waals surface area (Å²) in [6, 6.07) is 1.32. The van der Waals surface area contributed by atoms with Crippen molar-refractivity contribution in [3.63, 3.8) is 0 Å². The third kappa shape index (κ3) is 1.76. The Labute approximate surface area is 63.6 Å². The van der Waals surface area contributed by atoms with E-state index in [1.54, 1.807) is 0 Å². The van der Waals surface area contributed by atoms with Crippen LogP contribution in [0.5, 0.6) is 0 Å². The zero-order valence-electron chi connectivity index (χ0n) is 5.73. The topological polar surface area (TPSA) is 84.1 Å². The minimum Gasteiger partial charge on any atom is -0.290 e. The molecule has 1 aromatic rings.